The molecule has 4 nitrogen and oxygen atoms in total. The van der Waals surface area contributed by atoms with Gasteiger partial charge in [-0.2, -0.15) is 0 Å². The third-order valence-corrected chi connectivity index (χ3v) is 6.47. The van der Waals surface area contributed by atoms with Crippen molar-refractivity contribution in [2.24, 2.45) is 0 Å². The summed E-state index contributed by atoms with van der Waals surface area (Å²) in [6, 6.07) is 22.0. The van der Waals surface area contributed by atoms with E-state index in [1.54, 1.807) is 41.7 Å². The molecule has 1 aromatic heterocycles. The van der Waals surface area contributed by atoms with Crippen molar-refractivity contribution in [1.29, 1.82) is 0 Å². The molecule has 4 aromatic rings. The van der Waals surface area contributed by atoms with Gasteiger partial charge in [0.1, 0.15) is 5.01 Å². The van der Waals surface area contributed by atoms with E-state index in [0.717, 1.165) is 26.4 Å². The van der Waals surface area contributed by atoms with Crippen LogP contribution in [-0.4, -0.2) is 13.4 Å². The zero-order valence-electron chi connectivity index (χ0n) is 14.0. The van der Waals surface area contributed by atoms with E-state index in [1.807, 2.05) is 49.4 Å². The first-order chi connectivity index (χ1) is 12.5. The van der Waals surface area contributed by atoms with Crippen molar-refractivity contribution in [3.63, 3.8) is 0 Å². The Hall–Kier alpha value is -2.70. The van der Waals surface area contributed by atoms with Crippen LogP contribution >= 0.6 is 11.3 Å². The summed E-state index contributed by atoms with van der Waals surface area (Å²) in [5.74, 6) is 0. The molecule has 0 atom stereocenters. The molecule has 4 rings (SSSR count). The van der Waals surface area contributed by atoms with Crippen molar-refractivity contribution in [3.8, 4) is 10.6 Å². The molecule has 0 aliphatic heterocycles. The number of nitrogens with one attached hydrogen (secondary N) is 1. The Morgan fingerprint density at radius 3 is 2.46 bits per heavy atom. The zero-order chi connectivity index (χ0) is 18.1. The van der Waals surface area contributed by atoms with Gasteiger partial charge in [-0.05, 0) is 43.3 Å². The summed E-state index contributed by atoms with van der Waals surface area (Å²) in [7, 11) is -3.62. The van der Waals surface area contributed by atoms with Crippen LogP contribution in [0.1, 0.15) is 5.56 Å². The van der Waals surface area contributed by atoms with Crippen LogP contribution in [0.25, 0.3) is 20.8 Å². The lowest BCUT2D eigenvalue weighted by molar-refractivity contribution is 0.601. The summed E-state index contributed by atoms with van der Waals surface area (Å²) in [5, 5.41) is 0.864. The molecular weight excluding hydrogens is 364 g/mol. The molecule has 0 radical (unpaired) electrons. The quantitative estimate of drug-likeness (QED) is 0.537. The highest BCUT2D eigenvalue weighted by molar-refractivity contribution is 7.92. The number of anilines is 1. The molecule has 0 spiro atoms. The molecule has 1 N–H and O–H groups in total. The molecule has 0 aliphatic carbocycles. The number of para-hydroxylation sites is 1. The molecule has 6 heteroatoms. The van der Waals surface area contributed by atoms with E-state index in [1.165, 1.54) is 0 Å². The van der Waals surface area contributed by atoms with Gasteiger partial charge in [-0.25, -0.2) is 13.4 Å². The van der Waals surface area contributed by atoms with Crippen molar-refractivity contribution in [2.75, 3.05) is 4.72 Å². The predicted octanol–water partition coefficient (Wildman–Crippen LogP) is 5.07. The summed E-state index contributed by atoms with van der Waals surface area (Å²) in [6.07, 6.45) is 0. The number of nitrogens with zero attached hydrogens (tertiary/aromatic N) is 1. The van der Waals surface area contributed by atoms with Gasteiger partial charge in [-0.3, -0.25) is 4.72 Å². The highest BCUT2D eigenvalue weighted by atomic mass is 32.2. The summed E-state index contributed by atoms with van der Waals surface area (Å²) in [6.45, 7) is 1.92. The second kappa shape index (κ2) is 6.55. The lowest BCUT2D eigenvalue weighted by atomic mass is 10.2. The Kier molecular flexibility index (Phi) is 4.22. The SMILES string of the molecule is Cc1ccc(S(=O)(=O)Nc2cccc(-c3nc4ccccc4s3)c2)cc1. The van der Waals surface area contributed by atoms with E-state index in [9.17, 15) is 8.42 Å². The predicted molar refractivity (Wildman–Crippen MR) is 107 cm³/mol. The van der Waals surface area contributed by atoms with Crippen LogP contribution in [-0.2, 0) is 10.0 Å². The fraction of sp³-hybridized carbons (Fsp3) is 0.0500. The first kappa shape index (κ1) is 16.8. The molecule has 26 heavy (non-hydrogen) atoms. The van der Waals surface area contributed by atoms with Crippen LogP contribution in [0.2, 0.25) is 0 Å². The summed E-state index contributed by atoms with van der Waals surface area (Å²) in [4.78, 5) is 4.87. The number of thiazole rings is 1. The zero-order valence-corrected chi connectivity index (χ0v) is 15.6. The summed E-state index contributed by atoms with van der Waals surface area (Å²) >= 11 is 1.59. The van der Waals surface area contributed by atoms with E-state index < -0.39 is 10.0 Å². The maximum absolute atomic E-state index is 12.6. The van der Waals surface area contributed by atoms with Crippen LogP contribution in [0.3, 0.4) is 0 Å². The fourth-order valence-corrected chi connectivity index (χ4v) is 4.65. The molecule has 0 unspecified atom stereocenters. The Balaban J connectivity index is 1.66. The molecule has 0 bridgehead atoms. The van der Waals surface area contributed by atoms with Gasteiger partial charge in [0.15, 0.2) is 0 Å². The van der Waals surface area contributed by atoms with E-state index in [0.29, 0.717) is 5.69 Å². The van der Waals surface area contributed by atoms with Crippen molar-refractivity contribution in [2.45, 2.75) is 11.8 Å². The largest absolute Gasteiger partial charge is 0.280 e. The van der Waals surface area contributed by atoms with Gasteiger partial charge in [-0.1, -0.05) is 42.0 Å². The van der Waals surface area contributed by atoms with Crippen LogP contribution in [0.4, 0.5) is 5.69 Å². The standard InChI is InChI=1S/C20H16N2O2S2/c1-14-9-11-17(12-10-14)26(23,24)22-16-6-4-5-15(13-16)20-21-18-7-2-3-8-19(18)25-20/h2-13,22H,1H3. The summed E-state index contributed by atoms with van der Waals surface area (Å²) < 4.78 is 28.9. The maximum atomic E-state index is 12.6. The first-order valence-electron chi connectivity index (χ1n) is 8.07. The van der Waals surface area contributed by atoms with Gasteiger partial charge in [0, 0.05) is 11.3 Å². The van der Waals surface area contributed by atoms with Crippen LogP contribution in [0, 0.1) is 6.92 Å². The van der Waals surface area contributed by atoms with E-state index in [4.69, 9.17) is 0 Å². The average Bonchev–Trinajstić information content (AvgIpc) is 3.06. The molecule has 0 saturated carbocycles. The third-order valence-electron chi connectivity index (χ3n) is 3.99. The Labute approximate surface area is 156 Å². The number of benzene rings is 3. The van der Waals surface area contributed by atoms with Crippen molar-refractivity contribution < 1.29 is 8.42 Å². The van der Waals surface area contributed by atoms with Crippen LogP contribution < -0.4 is 4.72 Å². The Morgan fingerprint density at radius 2 is 1.69 bits per heavy atom. The van der Waals surface area contributed by atoms with Gasteiger partial charge >= 0.3 is 0 Å². The minimum absolute atomic E-state index is 0.244. The second-order valence-corrected chi connectivity index (χ2v) is 8.70. The molecular formula is C20H16N2O2S2. The molecule has 1 heterocycles. The highest BCUT2D eigenvalue weighted by Crippen LogP contribution is 2.31. The molecule has 0 aliphatic rings. The third kappa shape index (κ3) is 3.34. The van der Waals surface area contributed by atoms with Crippen LogP contribution in [0.15, 0.2) is 77.7 Å². The molecule has 0 amide bonds. The lowest BCUT2D eigenvalue weighted by Gasteiger charge is -2.09. The summed E-state index contributed by atoms with van der Waals surface area (Å²) in [5.41, 5.74) is 3.36. The first-order valence-corrected chi connectivity index (χ1v) is 10.4. The maximum Gasteiger partial charge on any atom is 0.261 e. The van der Waals surface area contributed by atoms with E-state index in [2.05, 4.69) is 9.71 Å². The average molecular weight is 380 g/mol. The number of sulfonamides is 1. The normalized spacial score (nSPS) is 11.6. The van der Waals surface area contributed by atoms with Gasteiger partial charge < -0.3 is 0 Å². The molecule has 0 fully saturated rings. The smallest absolute Gasteiger partial charge is 0.261 e. The van der Waals surface area contributed by atoms with E-state index >= 15 is 0 Å². The Bertz CT molecular complexity index is 1150. The number of aryl methyl sites for hydroxylation is 1. The number of rotatable bonds is 4. The minimum atomic E-state index is -3.62. The number of hydrogen-bond acceptors (Lipinski definition) is 4. The van der Waals surface area contributed by atoms with Gasteiger partial charge in [-0.15, -0.1) is 11.3 Å². The van der Waals surface area contributed by atoms with Crippen molar-refractivity contribution in [3.05, 3.63) is 78.4 Å². The van der Waals surface area contributed by atoms with Crippen molar-refractivity contribution in [1.82, 2.24) is 4.98 Å². The molecule has 3 aromatic carbocycles. The van der Waals surface area contributed by atoms with Crippen LogP contribution in [0.5, 0.6) is 0 Å². The number of hydrogen-bond donors (Lipinski definition) is 1. The lowest BCUT2D eigenvalue weighted by Crippen LogP contribution is -2.12. The van der Waals surface area contributed by atoms with Crippen molar-refractivity contribution >= 4 is 37.3 Å². The number of fused-ring (bicyclic) bond motifs is 1. The van der Waals surface area contributed by atoms with Gasteiger partial charge in [0.25, 0.3) is 10.0 Å². The second-order valence-electron chi connectivity index (χ2n) is 5.99. The fourth-order valence-electron chi connectivity index (χ4n) is 2.64. The minimum Gasteiger partial charge on any atom is -0.280 e. The molecule has 130 valence electrons. The van der Waals surface area contributed by atoms with Gasteiger partial charge in [0.05, 0.1) is 15.1 Å². The topological polar surface area (TPSA) is 59.1 Å². The number of aromatic nitrogens is 1. The monoisotopic (exact) mass is 380 g/mol. The highest BCUT2D eigenvalue weighted by Gasteiger charge is 2.14. The molecule has 0 saturated heterocycles. The Morgan fingerprint density at radius 1 is 0.923 bits per heavy atom. The van der Waals surface area contributed by atoms with E-state index in [-0.39, 0.29) is 4.90 Å². The van der Waals surface area contributed by atoms with Gasteiger partial charge in [0.2, 0.25) is 0 Å².